The topological polar surface area (TPSA) is 3.24 Å². The fourth-order valence-corrected chi connectivity index (χ4v) is 0. The van der Waals surface area contributed by atoms with E-state index in [1.807, 2.05) is 0 Å². The molecule has 0 unspecified atom stereocenters. The summed E-state index contributed by atoms with van der Waals surface area (Å²) in [4.78, 5) is 0. The SMILES string of the molecule is C[N](C)[InH2].[GaH3]. The molecule has 0 spiro atoms. The summed E-state index contributed by atoms with van der Waals surface area (Å²) >= 11 is 0.763. The van der Waals surface area contributed by atoms with Crippen molar-refractivity contribution >= 4 is 44.5 Å². The zero-order valence-corrected chi connectivity index (χ0v) is 9.16. The average Bonchev–Trinajstić information content (AvgIpc) is 0.811. The minimum atomic E-state index is 0. The van der Waals surface area contributed by atoms with Gasteiger partial charge in [-0.05, 0) is 0 Å². The molecule has 0 saturated heterocycles. The second kappa shape index (κ2) is 5.47. The first-order chi connectivity index (χ1) is 1.73. The van der Waals surface area contributed by atoms with Crippen molar-refractivity contribution in [2.45, 2.75) is 0 Å². The first kappa shape index (κ1) is 9.69. The van der Waals surface area contributed by atoms with Crippen molar-refractivity contribution < 1.29 is 0 Å². The van der Waals surface area contributed by atoms with E-state index in [2.05, 4.69) is 17.0 Å². The molecule has 0 radical (unpaired) electrons. The van der Waals surface area contributed by atoms with Crippen molar-refractivity contribution in [3.05, 3.63) is 0 Å². The Morgan fingerprint density at radius 3 is 1.40 bits per heavy atom. The molecule has 0 saturated carbocycles. The molecule has 0 aromatic heterocycles. The van der Waals surface area contributed by atoms with Crippen molar-refractivity contribution in [1.29, 1.82) is 0 Å². The van der Waals surface area contributed by atoms with E-state index in [0.29, 0.717) is 0 Å². The Hall–Kier alpha value is 1.47. The van der Waals surface area contributed by atoms with Gasteiger partial charge in [0.2, 0.25) is 0 Å². The summed E-state index contributed by atoms with van der Waals surface area (Å²) in [6.45, 7) is 0. The van der Waals surface area contributed by atoms with Gasteiger partial charge < -0.3 is 0 Å². The van der Waals surface area contributed by atoms with Crippen molar-refractivity contribution in [3.8, 4) is 0 Å². The zero-order valence-electron chi connectivity index (χ0n) is 3.45. The summed E-state index contributed by atoms with van der Waals surface area (Å²) in [6, 6.07) is 0. The van der Waals surface area contributed by atoms with Gasteiger partial charge in [-0.25, -0.2) is 0 Å². The van der Waals surface area contributed by atoms with Crippen LogP contribution in [0.4, 0.5) is 0 Å². The Morgan fingerprint density at radius 2 is 1.40 bits per heavy atom. The van der Waals surface area contributed by atoms with E-state index in [4.69, 9.17) is 0 Å². The second-order valence-electron chi connectivity index (χ2n) is 1.34. The standard InChI is InChI=1S/C2H6N.Ga.In.5H/c1-3-2;;;;;;;/h1-2H3;;;;;;;/q-1;;+1;;;;;. The summed E-state index contributed by atoms with van der Waals surface area (Å²) in [7, 11) is 4.19. The molecule has 30 valence electrons. The molecule has 0 bridgehead atoms. The van der Waals surface area contributed by atoms with Crippen LogP contribution in [0.15, 0.2) is 0 Å². The minimum absolute atomic E-state index is 0. The third kappa shape index (κ3) is 30.5. The van der Waals surface area contributed by atoms with Crippen molar-refractivity contribution in [2.24, 2.45) is 0 Å². The fraction of sp³-hybridized carbons (Fsp3) is 1.00. The van der Waals surface area contributed by atoms with Crippen LogP contribution in [0.25, 0.3) is 0 Å². The van der Waals surface area contributed by atoms with E-state index in [1.165, 1.54) is 0 Å². The van der Waals surface area contributed by atoms with Crippen LogP contribution in [0.3, 0.4) is 0 Å². The zero-order chi connectivity index (χ0) is 3.58. The predicted octanol–water partition coefficient (Wildman–Crippen LogP) is -2.09. The molecule has 0 atom stereocenters. The molecule has 0 aliphatic heterocycles. The Kier molecular flexibility index (Phi) is 10.6. The Morgan fingerprint density at radius 1 is 1.40 bits per heavy atom. The van der Waals surface area contributed by atoms with Crippen molar-refractivity contribution in [2.75, 3.05) is 14.1 Å². The third-order valence-corrected chi connectivity index (χ3v) is 0. The van der Waals surface area contributed by atoms with Crippen LogP contribution < -0.4 is 0 Å². The van der Waals surface area contributed by atoms with Crippen molar-refractivity contribution in [1.82, 2.24) is 2.89 Å². The normalized spacial score (nSPS) is 7.00. The predicted molar refractivity (Wildman–Crippen MR) is 32.2 cm³/mol. The van der Waals surface area contributed by atoms with Gasteiger partial charge in [-0.15, -0.1) is 0 Å². The van der Waals surface area contributed by atoms with E-state index in [0.717, 1.165) is 24.7 Å². The first-order valence-corrected chi connectivity index (χ1v) is 3.89. The first-order valence-electron chi connectivity index (χ1n) is 1.34. The molecule has 0 N–H and O–H groups in total. The molecule has 0 fully saturated rings. The molecular weight excluding hydrogens is 223 g/mol. The number of hydrogen-bond donors (Lipinski definition) is 0. The summed E-state index contributed by atoms with van der Waals surface area (Å²) < 4.78 is 2.21. The third-order valence-electron chi connectivity index (χ3n) is 0. The van der Waals surface area contributed by atoms with E-state index in [9.17, 15) is 0 Å². The van der Waals surface area contributed by atoms with Crippen LogP contribution in [0.2, 0.25) is 0 Å². The monoisotopic (exact) mass is 233 g/mol. The number of rotatable bonds is 0. The maximum atomic E-state index is 2.21. The summed E-state index contributed by atoms with van der Waals surface area (Å²) in [5.41, 5.74) is 0. The summed E-state index contributed by atoms with van der Waals surface area (Å²) in [5.74, 6) is 0. The molecule has 3 heteroatoms. The molecule has 0 aromatic rings. The molecule has 0 amide bonds. The Labute approximate surface area is 61.1 Å². The molecule has 0 aliphatic rings. The number of nitrogens with zero attached hydrogens (tertiary/aromatic N) is 1. The van der Waals surface area contributed by atoms with Gasteiger partial charge in [-0.2, -0.15) is 0 Å². The van der Waals surface area contributed by atoms with Gasteiger partial charge in [0.25, 0.3) is 0 Å². The maximum absolute atomic E-state index is 2.21. The molecule has 5 heavy (non-hydrogen) atoms. The van der Waals surface area contributed by atoms with Gasteiger partial charge >= 0.3 is 61.4 Å². The van der Waals surface area contributed by atoms with Crippen LogP contribution in [-0.2, 0) is 0 Å². The molecule has 0 aromatic carbocycles. The summed E-state index contributed by atoms with van der Waals surface area (Å²) in [5, 5.41) is 0. The van der Waals surface area contributed by atoms with Gasteiger partial charge in [0, 0.05) is 0 Å². The second-order valence-corrected chi connectivity index (χ2v) is 6.45. The summed E-state index contributed by atoms with van der Waals surface area (Å²) in [6.07, 6.45) is 0. The Balaban J connectivity index is 0. The average molecular weight is 234 g/mol. The molecule has 0 aliphatic carbocycles. The van der Waals surface area contributed by atoms with E-state index < -0.39 is 0 Å². The van der Waals surface area contributed by atoms with Crippen LogP contribution in [0.1, 0.15) is 0 Å². The van der Waals surface area contributed by atoms with Gasteiger partial charge in [0.15, 0.2) is 0 Å². The quantitative estimate of drug-likeness (QED) is 0.434. The molecular formula is C2H11GaInN. The Bertz CT molecular complexity index is 14.4. The van der Waals surface area contributed by atoms with Crippen LogP contribution in [-0.4, -0.2) is 61.4 Å². The van der Waals surface area contributed by atoms with Gasteiger partial charge in [0.1, 0.15) is 0 Å². The van der Waals surface area contributed by atoms with Gasteiger partial charge in [-0.3, -0.25) is 0 Å². The van der Waals surface area contributed by atoms with Crippen LogP contribution >= 0.6 is 0 Å². The van der Waals surface area contributed by atoms with E-state index in [1.54, 1.807) is 0 Å². The molecule has 0 rings (SSSR count). The van der Waals surface area contributed by atoms with Crippen LogP contribution in [0, 0.1) is 0 Å². The van der Waals surface area contributed by atoms with Crippen LogP contribution in [0.5, 0.6) is 0 Å². The fourth-order valence-electron chi connectivity index (χ4n) is 0. The van der Waals surface area contributed by atoms with Gasteiger partial charge in [0.05, 0.1) is 0 Å². The van der Waals surface area contributed by atoms with E-state index in [-0.39, 0.29) is 19.8 Å². The molecule has 1 nitrogen and oxygen atoms in total. The van der Waals surface area contributed by atoms with E-state index >= 15 is 0 Å². The van der Waals surface area contributed by atoms with Crippen molar-refractivity contribution in [3.63, 3.8) is 0 Å². The molecule has 0 heterocycles. The number of hydrogen-bond acceptors (Lipinski definition) is 1. The van der Waals surface area contributed by atoms with Gasteiger partial charge in [-0.1, -0.05) is 0 Å².